The zero-order valence-electron chi connectivity index (χ0n) is 14.4. The topological polar surface area (TPSA) is 63.8 Å². The van der Waals surface area contributed by atoms with Gasteiger partial charge in [-0.25, -0.2) is 9.97 Å². The summed E-state index contributed by atoms with van der Waals surface area (Å²) in [7, 11) is 0. The Hall–Kier alpha value is -1.32. The first-order valence-corrected chi connectivity index (χ1v) is 8.00. The van der Waals surface area contributed by atoms with Crippen molar-refractivity contribution in [2.75, 3.05) is 11.1 Å². The van der Waals surface area contributed by atoms with Gasteiger partial charge in [-0.2, -0.15) is 0 Å². The fourth-order valence-electron chi connectivity index (χ4n) is 3.02. The average molecular weight is 290 g/mol. The van der Waals surface area contributed by atoms with Crippen molar-refractivity contribution < 1.29 is 0 Å². The standard InChI is InChI=1S/C17H30N4/c1-11-13(18)20-15(16(2,3)4)21-14(11)19-12-8-7-9-17(5,6)10-12/h12H,7-10H2,1-6H3,(H3,18,19,20,21). The van der Waals surface area contributed by atoms with E-state index in [0.29, 0.717) is 17.3 Å². The van der Waals surface area contributed by atoms with Gasteiger partial charge >= 0.3 is 0 Å². The minimum atomic E-state index is -0.0932. The molecule has 1 aromatic rings. The zero-order chi connectivity index (χ0) is 15.8. The maximum Gasteiger partial charge on any atom is 0.138 e. The average Bonchev–Trinajstić information content (AvgIpc) is 2.32. The van der Waals surface area contributed by atoms with E-state index < -0.39 is 0 Å². The van der Waals surface area contributed by atoms with Crippen LogP contribution in [0.3, 0.4) is 0 Å². The van der Waals surface area contributed by atoms with Crippen LogP contribution in [0.25, 0.3) is 0 Å². The highest BCUT2D eigenvalue weighted by atomic mass is 15.1. The molecule has 1 aliphatic carbocycles. The first-order valence-electron chi connectivity index (χ1n) is 8.00. The van der Waals surface area contributed by atoms with E-state index in [1.165, 1.54) is 25.7 Å². The zero-order valence-corrected chi connectivity index (χ0v) is 14.4. The first-order chi connectivity index (χ1) is 9.58. The maximum absolute atomic E-state index is 6.09. The van der Waals surface area contributed by atoms with Crippen molar-refractivity contribution in [3.8, 4) is 0 Å². The molecule has 1 unspecified atom stereocenters. The number of hydrogen-bond acceptors (Lipinski definition) is 4. The summed E-state index contributed by atoms with van der Waals surface area (Å²) in [6.45, 7) is 13.0. The molecule has 2 rings (SSSR count). The van der Waals surface area contributed by atoms with Crippen LogP contribution in [0.4, 0.5) is 11.6 Å². The molecule has 0 saturated heterocycles. The number of nitrogens with one attached hydrogen (secondary N) is 1. The molecule has 1 atom stereocenters. The maximum atomic E-state index is 6.09. The van der Waals surface area contributed by atoms with E-state index >= 15 is 0 Å². The van der Waals surface area contributed by atoms with Crippen molar-refractivity contribution in [1.29, 1.82) is 0 Å². The predicted octanol–water partition coefficient (Wildman–Crippen LogP) is 4.05. The molecule has 0 amide bonds. The molecular weight excluding hydrogens is 260 g/mol. The van der Waals surface area contributed by atoms with E-state index in [1.54, 1.807) is 0 Å². The van der Waals surface area contributed by atoms with Crippen molar-refractivity contribution >= 4 is 11.6 Å². The quantitative estimate of drug-likeness (QED) is 0.862. The third-order valence-electron chi connectivity index (χ3n) is 4.40. The number of anilines is 2. The van der Waals surface area contributed by atoms with Gasteiger partial charge in [0.1, 0.15) is 17.5 Å². The summed E-state index contributed by atoms with van der Waals surface area (Å²) in [6.07, 6.45) is 4.97. The van der Waals surface area contributed by atoms with Gasteiger partial charge in [-0.1, -0.05) is 41.0 Å². The smallest absolute Gasteiger partial charge is 0.138 e. The molecule has 21 heavy (non-hydrogen) atoms. The fourth-order valence-corrected chi connectivity index (χ4v) is 3.02. The van der Waals surface area contributed by atoms with Gasteiger partial charge in [-0.3, -0.25) is 0 Å². The van der Waals surface area contributed by atoms with Gasteiger partial charge < -0.3 is 11.1 Å². The van der Waals surface area contributed by atoms with E-state index in [9.17, 15) is 0 Å². The SMILES string of the molecule is Cc1c(N)nc(C(C)(C)C)nc1NC1CCCC(C)(C)C1. The van der Waals surface area contributed by atoms with Crippen LogP contribution >= 0.6 is 0 Å². The predicted molar refractivity (Wildman–Crippen MR) is 89.5 cm³/mol. The Morgan fingerprint density at radius 3 is 2.48 bits per heavy atom. The molecule has 1 fully saturated rings. The summed E-state index contributed by atoms with van der Waals surface area (Å²) < 4.78 is 0. The van der Waals surface area contributed by atoms with Crippen LogP contribution in [0.1, 0.15) is 71.7 Å². The van der Waals surface area contributed by atoms with Crippen molar-refractivity contribution in [3.63, 3.8) is 0 Å². The lowest BCUT2D eigenvalue weighted by molar-refractivity contribution is 0.229. The molecule has 0 bridgehead atoms. The normalized spacial score (nSPS) is 22.1. The van der Waals surface area contributed by atoms with Crippen LogP contribution in [0.15, 0.2) is 0 Å². The van der Waals surface area contributed by atoms with Gasteiger partial charge in [-0.15, -0.1) is 0 Å². The number of nitrogen functional groups attached to an aromatic ring is 1. The summed E-state index contributed by atoms with van der Waals surface area (Å²) >= 11 is 0. The van der Waals surface area contributed by atoms with Crippen molar-refractivity contribution in [1.82, 2.24) is 9.97 Å². The van der Waals surface area contributed by atoms with E-state index in [4.69, 9.17) is 10.7 Å². The van der Waals surface area contributed by atoms with Crippen molar-refractivity contribution in [3.05, 3.63) is 11.4 Å². The lowest BCUT2D eigenvalue weighted by Crippen LogP contribution is -2.32. The molecule has 4 nitrogen and oxygen atoms in total. The van der Waals surface area contributed by atoms with Gasteiger partial charge in [-0.05, 0) is 31.6 Å². The van der Waals surface area contributed by atoms with Crippen LogP contribution in [0, 0.1) is 12.3 Å². The Labute approximate surface area is 128 Å². The van der Waals surface area contributed by atoms with Gasteiger partial charge in [0.05, 0.1) is 0 Å². The molecule has 4 heteroatoms. The monoisotopic (exact) mass is 290 g/mol. The molecule has 1 aromatic heterocycles. The Morgan fingerprint density at radius 1 is 1.24 bits per heavy atom. The second-order valence-electron chi connectivity index (χ2n) is 8.26. The summed E-state index contributed by atoms with van der Waals surface area (Å²) in [6, 6.07) is 0.481. The Balaban J connectivity index is 2.25. The van der Waals surface area contributed by atoms with Crippen molar-refractivity contribution in [2.45, 2.75) is 78.7 Å². The third-order valence-corrected chi connectivity index (χ3v) is 4.40. The highest BCUT2D eigenvalue weighted by Crippen LogP contribution is 2.37. The lowest BCUT2D eigenvalue weighted by atomic mass is 9.75. The van der Waals surface area contributed by atoms with Crippen LogP contribution in [0.2, 0.25) is 0 Å². The van der Waals surface area contributed by atoms with Gasteiger partial charge in [0, 0.05) is 17.0 Å². The molecular formula is C17H30N4. The molecule has 0 aliphatic heterocycles. The van der Waals surface area contributed by atoms with Crippen LogP contribution in [-0.4, -0.2) is 16.0 Å². The molecule has 0 radical (unpaired) electrons. The number of rotatable bonds is 2. The Kier molecular flexibility index (Phi) is 4.18. The highest BCUT2D eigenvalue weighted by Gasteiger charge is 2.29. The Morgan fingerprint density at radius 2 is 1.90 bits per heavy atom. The minimum absolute atomic E-state index is 0.0932. The van der Waals surface area contributed by atoms with Crippen LogP contribution in [-0.2, 0) is 5.41 Å². The third kappa shape index (κ3) is 3.86. The van der Waals surface area contributed by atoms with Crippen molar-refractivity contribution in [2.24, 2.45) is 5.41 Å². The molecule has 1 saturated carbocycles. The molecule has 0 spiro atoms. The number of hydrogen-bond donors (Lipinski definition) is 2. The number of nitrogens with two attached hydrogens (primary N) is 1. The van der Waals surface area contributed by atoms with Gasteiger partial charge in [0.15, 0.2) is 0 Å². The summed E-state index contributed by atoms with van der Waals surface area (Å²) in [5, 5.41) is 3.63. The molecule has 1 aliphatic rings. The molecule has 118 valence electrons. The van der Waals surface area contributed by atoms with Gasteiger partial charge in [0.2, 0.25) is 0 Å². The molecule has 3 N–H and O–H groups in total. The van der Waals surface area contributed by atoms with Crippen LogP contribution < -0.4 is 11.1 Å². The highest BCUT2D eigenvalue weighted by molar-refractivity contribution is 5.55. The lowest BCUT2D eigenvalue weighted by Gasteiger charge is -2.36. The second-order valence-corrected chi connectivity index (χ2v) is 8.26. The van der Waals surface area contributed by atoms with Gasteiger partial charge in [0.25, 0.3) is 0 Å². The Bertz CT molecular complexity index is 514. The van der Waals surface area contributed by atoms with E-state index in [-0.39, 0.29) is 5.41 Å². The number of aromatic nitrogens is 2. The van der Waals surface area contributed by atoms with E-state index in [0.717, 1.165) is 17.2 Å². The minimum Gasteiger partial charge on any atom is -0.383 e. The fraction of sp³-hybridized carbons (Fsp3) is 0.765. The number of nitrogens with zero attached hydrogens (tertiary/aromatic N) is 2. The summed E-state index contributed by atoms with van der Waals surface area (Å²) in [4.78, 5) is 9.20. The molecule has 1 heterocycles. The van der Waals surface area contributed by atoms with E-state index in [2.05, 4.69) is 44.9 Å². The van der Waals surface area contributed by atoms with E-state index in [1.807, 2.05) is 6.92 Å². The second kappa shape index (κ2) is 5.47. The summed E-state index contributed by atoms with van der Waals surface area (Å²) in [5.41, 5.74) is 7.37. The summed E-state index contributed by atoms with van der Waals surface area (Å²) in [5.74, 6) is 2.31. The van der Waals surface area contributed by atoms with Crippen LogP contribution in [0.5, 0.6) is 0 Å². The largest absolute Gasteiger partial charge is 0.383 e. The first kappa shape index (κ1) is 16.1. The molecule has 0 aromatic carbocycles.